The van der Waals surface area contributed by atoms with Crippen molar-refractivity contribution in [2.24, 2.45) is 11.7 Å². The van der Waals surface area contributed by atoms with Gasteiger partial charge in [-0.3, -0.25) is 0 Å². The van der Waals surface area contributed by atoms with Crippen LogP contribution < -0.4 is 11.1 Å². The number of nitrogens with one attached hydrogen (secondary N) is 1. The molecule has 0 saturated heterocycles. The minimum absolute atomic E-state index is 0.653. The van der Waals surface area contributed by atoms with Crippen molar-refractivity contribution in [2.45, 2.75) is 46.1 Å². The second-order valence-electron chi connectivity index (χ2n) is 3.56. The lowest BCUT2D eigenvalue weighted by Crippen LogP contribution is -2.28. The van der Waals surface area contributed by atoms with Gasteiger partial charge in [0.2, 0.25) is 0 Å². The first-order chi connectivity index (χ1) is 5.74. The molecule has 3 N–H and O–H groups in total. The van der Waals surface area contributed by atoms with Gasteiger partial charge in [0.05, 0.1) is 0 Å². The molecule has 74 valence electrons. The Balaban J connectivity index is 3.28. The van der Waals surface area contributed by atoms with E-state index in [1.54, 1.807) is 0 Å². The first-order valence-electron chi connectivity index (χ1n) is 5.18. The fourth-order valence-electron chi connectivity index (χ4n) is 1.17. The molecule has 0 aromatic heterocycles. The van der Waals surface area contributed by atoms with Gasteiger partial charge in [0.15, 0.2) is 0 Å². The summed E-state index contributed by atoms with van der Waals surface area (Å²) >= 11 is 0. The van der Waals surface area contributed by atoms with Crippen molar-refractivity contribution in [3.8, 4) is 0 Å². The van der Waals surface area contributed by atoms with Crippen LogP contribution in [0.15, 0.2) is 0 Å². The van der Waals surface area contributed by atoms with Gasteiger partial charge in [0.1, 0.15) is 0 Å². The molecule has 0 aliphatic rings. The lowest BCUT2D eigenvalue weighted by atomic mass is 10.0. The third kappa shape index (κ3) is 5.56. The zero-order valence-corrected chi connectivity index (χ0v) is 8.77. The van der Waals surface area contributed by atoms with E-state index in [0.29, 0.717) is 12.0 Å². The Morgan fingerprint density at radius 1 is 1.25 bits per heavy atom. The van der Waals surface area contributed by atoms with Crippen molar-refractivity contribution in [1.82, 2.24) is 5.32 Å². The standard InChI is InChI=1S/C10H24N2/c1-4-9(3)12-7-6-10(5-2)8-11/h9-10,12H,4-8,11H2,1-3H3. The third-order valence-electron chi connectivity index (χ3n) is 2.57. The molecule has 0 heterocycles. The van der Waals surface area contributed by atoms with Crippen LogP contribution in [0.5, 0.6) is 0 Å². The second kappa shape index (κ2) is 7.56. The zero-order valence-electron chi connectivity index (χ0n) is 8.77. The normalized spacial score (nSPS) is 16.0. The van der Waals surface area contributed by atoms with Gasteiger partial charge in [-0.1, -0.05) is 20.3 Å². The number of rotatable bonds is 7. The van der Waals surface area contributed by atoms with Crippen molar-refractivity contribution in [3.63, 3.8) is 0 Å². The molecule has 0 radical (unpaired) electrons. The van der Waals surface area contributed by atoms with E-state index in [2.05, 4.69) is 26.1 Å². The summed E-state index contributed by atoms with van der Waals surface area (Å²) in [6.45, 7) is 8.59. The summed E-state index contributed by atoms with van der Waals surface area (Å²) in [5, 5.41) is 3.48. The maximum atomic E-state index is 5.60. The fraction of sp³-hybridized carbons (Fsp3) is 1.00. The quantitative estimate of drug-likeness (QED) is 0.614. The Labute approximate surface area is 76.9 Å². The molecular formula is C10H24N2. The number of hydrogen-bond acceptors (Lipinski definition) is 2. The van der Waals surface area contributed by atoms with Crippen LogP contribution in [-0.4, -0.2) is 19.1 Å². The highest BCUT2D eigenvalue weighted by molar-refractivity contribution is 4.62. The maximum Gasteiger partial charge on any atom is 0.00361 e. The lowest BCUT2D eigenvalue weighted by Gasteiger charge is -2.15. The topological polar surface area (TPSA) is 38.0 Å². The second-order valence-corrected chi connectivity index (χ2v) is 3.56. The van der Waals surface area contributed by atoms with E-state index in [1.807, 2.05) is 0 Å². The molecule has 0 bridgehead atoms. The van der Waals surface area contributed by atoms with Crippen LogP contribution in [0.4, 0.5) is 0 Å². The Morgan fingerprint density at radius 2 is 1.92 bits per heavy atom. The molecule has 0 aromatic rings. The smallest absolute Gasteiger partial charge is 0.00361 e. The van der Waals surface area contributed by atoms with Gasteiger partial charge in [0.25, 0.3) is 0 Å². The van der Waals surface area contributed by atoms with Gasteiger partial charge in [-0.2, -0.15) is 0 Å². The molecule has 12 heavy (non-hydrogen) atoms. The van der Waals surface area contributed by atoms with E-state index in [1.165, 1.54) is 19.3 Å². The summed E-state index contributed by atoms with van der Waals surface area (Å²) in [6, 6.07) is 0.653. The van der Waals surface area contributed by atoms with Gasteiger partial charge in [-0.25, -0.2) is 0 Å². The molecule has 0 saturated carbocycles. The molecule has 0 aliphatic carbocycles. The van der Waals surface area contributed by atoms with E-state index in [0.717, 1.165) is 13.1 Å². The average molecular weight is 172 g/mol. The summed E-state index contributed by atoms with van der Waals surface area (Å²) in [4.78, 5) is 0. The molecule has 2 heteroatoms. The van der Waals surface area contributed by atoms with Crippen LogP contribution in [-0.2, 0) is 0 Å². The molecule has 0 aliphatic heterocycles. The molecule has 0 aromatic carbocycles. The Morgan fingerprint density at radius 3 is 2.33 bits per heavy atom. The molecular weight excluding hydrogens is 148 g/mol. The molecule has 2 unspecified atom stereocenters. The molecule has 0 fully saturated rings. The average Bonchev–Trinajstić information content (AvgIpc) is 2.12. The van der Waals surface area contributed by atoms with E-state index in [4.69, 9.17) is 5.73 Å². The van der Waals surface area contributed by atoms with Gasteiger partial charge in [0, 0.05) is 6.04 Å². The zero-order chi connectivity index (χ0) is 9.40. The van der Waals surface area contributed by atoms with E-state index in [9.17, 15) is 0 Å². The highest BCUT2D eigenvalue weighted by Gasteiger charge is 2.03. The van der Waals surface area contributed by atoms with Gasteiger partial charge in [-0.05, 0) is 38.8 Å². The number of hydrogen-bond donors (Lipinski definition) is 2. The summed E-state index contributed by atoms with van der Waals surface area (Å²) in [6.07, 6.45) is 3.63. The predicted molar refractivity (Wildman–Crippen MR) is 55.2 cm³/mol. The summed E-state index contributed by atoms with van der Waals surface area (Å²) in [5.41, 5.74) is 5.60. The van der Waals surface area contributed by atoms with Crippen molar-refractivity contribution < 1.29 is 0 Å². The molecule has 0 spiro atoms. The molecule has 0 rings (SSSR count). The SMILES string of the molecule is CCC(CN)CCNC(C)CC. The van der Waals surface area contributed by atoms with E-state index < -0.39 is 0 Å². The minimum atomic E-state index is 0.653. The Bertz CT molecular complexity index is 89.8. The minimum Gasteiger partial charge on any atom is -0.330 e. The van der Waals surface area contributed by atoms with Crippen LogP contribution >= 0.6 is 0 Å². The summed E-state index contributed by atoms with van der Waals surface area (Å²) in [7, 11) is 0. The number of nitrogens with two attached hydrogens (primary N) is 1. The van der Waals surface area contributed by atoms with Crippen LogP contribution in [0.2, 0.25) is 0 Å². The fourth-order valence-corrected chi connectivity index (χ4v) is 1.17. The van der Waals surface area contributed by atoms with E-state index in [-0.39, 0.29) is 0 Å². The van der Waals surface area contributed by atoms with Crippen molar-refractivity contribution in [1.29, 1.82) is 0 Å². The largest absolute Gasteiger partial charge is 0.330 e. The van der Waals surface area contributed by atoms with Gasteiger partial charge < -0.3 is 11.1 Å². The lowest BCUT2D eigenvalue weighted by molar-refractivity contribution is 0.434. The summed E-state index contributed by atoms with van der Waals surface area (Å²) in [5.74, 6) is 0.710. The first-order valence-corrected chi connectivity index (χ1v) is 5.18. The van der Waals surface area contributed by atoms with Crippen LogP contribution in [0, 0.1) is 5.92 Å². The molecule has 2 atom stereocenters. The predicted octanol–water partition coefficient (Wildman–Crippen LogP) is 1.75. The van der Waals surface area contributed by atoms with E-state index >= 15 is 0 Å². The molecule has 2 nitrogen and oxygen atoms in total. The van der Waals surface area contributed by atoms with Crippen molar-refractivity contribution >= 4 is 0 Å². The monoisotopic (exact) mass is 172 g/mol. The highest BCUT2D eigenvalue weighted by Crippen LogP contribution is 2.04. The van der Waals surface area contributed by atoms with Crippen LogP contribution in [0.1, 0.15) is 40.0 Å². The Hall–Kier alpha value is -0.0800. The first kappa shape index (κ1) is 11.9. The summed E-state index contributed by atoms with van der Waals surface area (Å²) < 4.78 is 0. The van der Waals surface area contributed by atoms with Crippen molar-refractivity contribution in [3.05, 3.63) is 0 Å². The van der Waals surface area contributed by atoms with Crippen molar-refractivity contribution in [2.75, 3.05) is 13.1 Å². The van der Waals surface area contributed by atoms with Gasteiger partial charge in [-0.15, -0.1) is 0 Å². The van der Waals surface area contributed by atoms with Crippen LogP contribution in [0.3, 0.4) is 0 Å². The highest BCUT2D eigenvalue weighted by atomic mass is 14.9. The third-order valence-corrected chi connectivity index (χ3v) is 2.57. The maximum absolute atomic E-state index is 5.60. The van der Waals surface area contributed by atoms with Crippen LogP contribution in [0.25, 0.3) is 0 Å². The molecule has 0 amide bonds. The van der Waals surface area contributed by atoms with Gasteiger partial charge >= 0.3 is 0 Å². The Kier molecular flexibility index (Phi) is 7.51.